The molecule has 0 bridgehead atoms. The molecule has 15 heavy (non-hydrogen) atoms. The Balaban J connectivity index is 3.42. The predicted octanol–water partition coefficient (Wildman–Crippen LogP) is 2.53. The van der Waals surface area contributed by atoms with Crippen molar-refractivity contribution in [2.45, 2.75) is 24.0 Å². The summed E-state index contributed by atoms with van der Waals surface area (Å²) in [5.41, 5.74) is 0. The molecule has 1 aromatic rings. The smallest absolute Gasteiger partial charge is 0.184 e. The average molecular weight is 249 g/mol. The highest BCUT2D eigenvalue weighted by Crippen LogP contribution is 2.29. The van der Waals surface area contributed by atoms with Crippen LogP contribution in [0.25, 0.3) is 0 Å². The van der Waals surface area contributed by atoms with Gasteiger partial charge in [0, 0.05) is 5.02 Å². The molecule has 0 amide bonds. The van der Waals surface area contributed by atoms with Crippen LogP contribution in [0.4, 0.5) is 0 Å². The maximum atomic E-state index is 11.9. The molecule has 3 nitrogen and oxygen atoms in total. The van der Waals surface area contributed by atoms with Gasteiger partial charge in [0.1, 0.15) is 10.6 Å². The molecule has 0 saturated carbocycles. The fourth-order valence-electron chi connectivity index (χ4n) is 1.13. The van der Waals surface area contributed by atoms with E-state index in [0.29, 0.717) is 10.8 Å². The molecule has 0 aliphatic heterocycles. The molecule has 0 aromatic heterocycles. The number of hydrogen-bond donors (Lipinski definition) is 0. The molecule has 1 rings (SSSR count). The Morgan fingerprint density at radius 3 is 2.40 bits per heavy atom. The minimum atomic E-state index is -3.35. The molecule has 0 atom stereocenters. The molecule has 84 valence electrons. The number of rotatable bonds is 3. The Morgan fingerprint density at radius 1 is 1.33 bits per heavy atom. The fraction of sp³-hybridized carbons (Fsp3) is 0.400. The Labute approximate surface area is 94.9 Å². The molecule has 0 radical (unpaired) electrons. The first kappa shape index (κ1) is 12.3. The summed E-state index contributed by atoms with van der Waals surface area (Å²) >= 11 is 5.76. The van der Waals surface area contributed by atoms with Crippen LogP contribution in [0.1, 0.15) is 13.8 Å². The zero-order chi connectivity index (χ0) is 11.6. The van der Waals surface area contributed by atoms with E-state index in [1.54, 1.807) is 26.0 Å². The van der Waals surface area contributed by atoms with E-state index in [1.807, 2.05) is 0 Å². The van der Waals surface area contributed by atoms with Gasteiger partial charge in [0.2, 0.25) is 0 Å². The highest BCUT2D eigenvalue weighted by atomic mass is 35.5. The molecule has 0 N–H and O–H groups in total. The van der Waals surface area contributed by atoms with Crippen molar-refractivity contribution in [3.63, 3.8) is 0 Å². The molecule has 0 aliphatic rings. The maximum Gasteiger partial charge on any atom is 0.184 e. The Morgan fingerprint density at radius 2 is 1.93 bits per heavy atom. The normalized spacial score (nSPS) is 11.8. The molecule has 5 heteroatoms. The third-order valence-electron chi connectivity index (χ3n) is 2.05. The summed E-state index contributed by atoms with van der Waals surface area (Å²) in [6.45, 7) is 3.24. The molecule has 0 spiro atoms. The highest BCUT2D eigenvalue weighted by Gasteiger charge is 2.23. The van der Waals surface area contributed by atoms with Gasteiger partial charge in [-0.3, -0.25) is 0 Å². The molecule has 0 unspecified atom stereocenters. The number of ether oxygens (including phenoxy) is 1. The van der Waals surface area contributed by atoms with Crippen molar-refractivity contribution in [2.24, 2.45) is 0 Å². The summed E-state index contributed by atoms with van der Waals surface area (Å²) < 4.78 is 28.8. The standard InChI is InChI=1S/C10H13ClO3S/c1-7(2)15(12,13)10-6-8(11)4-5-9(10)14-3/h4-7H,1-3H3. The summed E-state index contributed by atoms with van der Waals surface area (Å²) in [7, 11) is -1.92. The number of sulfone groups is 1. The van der Waals surface area contributed by atoms with Crippen LogP contribution < -0.4 is 4.74 Å². The van der Waals surface area contributed by atoms with Gasteiger partial charge in [-0.1, -0.05) is 11.6 Å². The van der Waals surface area contributed by atoms with E-state index < -0.39 is 15.1 Å². The second-order valence-corrected chi connectivity index (χ2v) is 6.30. The molecule has 0 fully saturated rings. The van der Waals surface area contributed by atoms with Crippen molar-refractivity contribution in [3.8, 4) is 5.75 Å². The Hall–Kier alpha value is -0.740. The summed E-state index contributed by atoms with van der Waals surface area (Å²) in [4.78, 5) is 0.146. The van der Waals surface area contributed by atoms with E-state index in [0.717, 1.165) is 0 Å². The van der Waals surface area contributed by atoms with Crippen LogP contribution in [-0.2, 0) is 9.84 Å². The van der Waals surface area contributed by atoms with Crippen LogP contribution in [0.3, 0.4) is 0 Å². The lowest BCUT2D eigenvalue weighted by Crippen LogP contribution is -2.15. The van der Waals surface area contributed by atoms with Gasteiger partial charge in [0.25, 0.3) is 0 Å². The van der Waals surface area contributed by atoms with Crippen molar-refractivity contribution in [1.29, 1.82) is 0 Å². The highest BCUT2D eigenvalue weighted by molar-refractivity contribution is 7.92. The lowest BCUT2D eigenvalue weighted by Gasteiger charge is -2.12. The molecule has 0 saturated heterocycles. The summed E-state index contributed by atoms with van der Waals surface area (Å²) in [5.74, 6) is 0.327. The molecular weight excluding hydrogens is 236 g/mol. The van der Waals surface area contributed by atoms with E-state index in [4.69, 9.17) is 16.3 Å². The average Bonchev–Trinajstić information content (AvgIpc) is 2.17. The van der Waals surface area contributed by atoms with Crippen molar-refractivity contribution >= 4 is 21.4 Å². The third-order valence-corrected chi connectivity index (χ3v) is 4.46. The minimum absolute atomic E-state index is 0.146. The van der Waals surface area contributed by atoms with Crippen molar-refractivity contribution in [2.75, 3.05) is 7.11 Å². The minimum Gasteiger partial charge on any atom is -0.495 e. The summed E-state index contributed by atoms with van der Waals surface area (Å²) in [6, 6.07) is 4.56. The zero-order valence-electron chi connectivity index (χ0n) is 8.82. The van der Waals surface area contributed by atoms with Crippen LogP contribution >= 0.6 is 11.6 Å². The molecular formula is C10H13ClO3S. The number of hydrogen-bond acceptors (Lipinski definition) is 3. The van der Waals surface area contributed by atoms with Crippen molar-refractivity contribution < 1.29 is 13.2 Å². The van der Waals surface area contributed by atoms with E-state index in [2.05, 4.69) is 0 Å². The van der Waals surface area contributed by atoms with Gasteiger partial charge >= 0.3 is 0 Å². The second kappa shape index (κ2) is 4.41. The van der Waals surface area contributed by atoms with Crippen LogP contribution in [0, 0.1) is 0 Å². The molecule has 0 heterocycles. The molecule has 0 aliphatic carbocycles. The van der Waals surface area contributed by atoms with Crippen LogP contribution in [0.15, 0.2) is 23.1 Å². The van der Waals surface area contributed by atoms with Crippen LogP contribution in [0.5, 0.6) is 5.75 Å². The Bertz CT molecular complexity index is 452. The predicted molar refractivity (Wildman–Crippen MR) is 60.3 cm³/mol. The zero-order valence-corrected chi connectivity index (χ0v) is 10.4. The monoisotopic (exact) mass is 248 g/mol. The quantitative estimate of drug-likeness (QED) is 0.826. The van der Waals surface area contributed by atoms with Gasteiger partial charge in [0.05, 0.1) is 12.4 Å². The van der Waals surface area contributed by atoms with Crippen molar-refractivity contribution in [1.82, 2.24) is 0 Å². The van der Waals surface area contributed by atoms with E-state index in [9.17, 15) is 8.42 Å². The van der Waals surface area contributed by atoms with Crippen LogP contribution in [0.2, 0.25) is 5.02 Å². The van der Waals surface area contributed by atoms with Gasteiger partial charge in [-0.15, -0.1) is 0 Å². The fourth-order valence-corrected chi connectivity index (χ4v) is 2.59. The number of methoxy groups -OCH3 is 1. The first-order valence-corrected chi connectivity index (χ1v) is 6.39. The van der Waals surface area contributed by atoms with Gasteiger partial charge < -0.3 is 4.74 Å². The largest absolute Gasteiger partial charge is 0.495 e. The van der Waals surface area contributed by atoms with Gasteiger partial charge in [0.15, 0.2) is 9.84 Å². The Kier molecular flexibility index (Phi) is 3.62. The lowest BCUT2D eigenvalue weighted by molar-refractivity contribution is 0.402. The number of halogens is 1. The number of benzene rings is 1. The van der Waals surface area contributed by atoms with Gasteiger partial charge in [-0.2, -0.15) is 0 Å². The first-order chi connectivity index (χ1) is 6.89. The van der Waals surface area contributed by atoms with Gasteiger partial charge in [-0.25, -0.2) is 8.42 Å². The van der Waals surface area contributed by atoms with E-state index >= 15 is 0 Å². The topological polar surface area (TPSA) is 43.4 Å². The van der Waals surface area contributed by atoms with Gasteiger partial charge in [-0.05, 0) is 32.0 Å². The summed E-state index contributed by atoms with van der Waals surface area (Å²) in [6.07, 6.45) is 0. The maximum absolute atomic E-state index is 11.9. The summed E-state index contributed by atoms with van der Waals surface area (Å²) in [5, 5.41) is -0.111. The van der Waals surface area contributed by atoms with Crippen LogP contribution in [-0.4, -0.2) is 20.8 Å². The van der Waals surface area contributed by atoms with E-state index in [1.165, 1.54) is 13.2 Å². The SMILES string of the molecule is COc1ccc(Cl)cc1S(=O)(=O)C(C)C. The van der Waals surface area contributed by atoms with Crippen molar-refractivity contribution in [3.05, 3.63) is 23.2 Å². The second-order valence-electron chi connectivity index (χ2n) is 3.39. The third kappa shape index (κ3) is 2.44. The molecule has 1 aromatic carbocycles. The van der Waals surface area contributed by atoms with E-state index in [-0.39, 0.29) is 4.90 Å². The first-order valence-electron chi connectivity index (χ1n) is 4.47. The lowest BCUT2D eigenvalue weighted by atomic mass is 10.3.